The van der Waals surface area contributed by atoms with Gasteiger partial charge < -0.3 is 10.6 Å². The fourth-order valence-corrected chi connectivity index (χ4v) is 2.61. The minimum Gasteiger partial charge on any atom is -0.380 e. The molecule has 2 aromatic heterocycles. The highest BCUT2D eigenvalue weighted by Crippen LogP contribution is 2.19. The van der Waals surface area contributed by atoms with Gasteiger partial charge in [-0.25, -0.2) is 4.98 Å². The van der Waals surface area contributed by atoms with Crippen LogP contribution in [0.3, 0.4) is 0 Å². The average Bonchev–Trinajstić information content (AvgIpc) is 2.85. The minimum atomic E-state index is 0.875. The predicted molar refractivity (Wildman–Crippen MR) is 79.4 cm³/mol. The SMILES string of the molecule is CCNc1cc(NCc2ccc(CC)s2)ccn1. The highest BCUT2D eigenvalue weighted by molar-refractivity contribution is 7.12. The number of nitrogens with one attached hydrogen (secondary N) is 2. The van der Waals surface area contributed by atoms with E-state index < -0.39 is 0 Å². The van der Waals surface area contributed by atoms with Gasteiger partial charge in [-0.3, -0.25) is 0 Å². The molecule has 0 aliphatic rings. The number of pyridine rings is 1. The van der Waals surface area contributed by atoms with Crippen LogP contribution in [0.1, 0.15) is 23.6 Å². The van der Waals surface area contributed by atoms with E-state index in [-0.39, 0.29) is 0 Å². The van der Waals surface area contributed by atoms with Crippen molar-refractivity contribution in [3.05, 3.63) is 40.2 Å². The molecular weight excluding hydrogens is 242 g/mol. The molecule has 2 N–H and O–H groups in total. The van der Waals surface area contributed by atoms with Crippen LogP contribution in [0.5, 0.6) is 0 Å². The van der Waals surface area contributed by atoms with Gasteiger partial charge in [-0.1, -0.05) is 6.92 Å². The van der Waals surface area contributed by atoms with Crippen molar-refractivity contribution in [3.8, 4) is 0 Å². The van der Waals surface area contributed by atoms with Crippen molar-refractivity contribution in [2.24, 2.45) is 0 Å². The summed E-state index contributed by atoms with van der Waals surface area (Å²) < 4.78 is 0. The molecule has 0 unspecified atom stereocenters. The van der Waals surface area contributed by atoms with E-state index in [9.17, 15) is 0 Å². The van der Waals surface area contributed by atoms with Crippen molar-refractivity contribution in [1.29, 1.82) is 0 Å². The van der Waals surface area contributed by atoms with Gasteiger partial charge in [0.05, 0.1) is 0 Å². The third-order valence-corrected chi connectivity index (χ3v) is 3.88. The largest absolute Gasteiger partial charge is 0.380 e. The van der Waals surface area contributed by atoms with E-state index in [0.29, 0.717) is 0 Å². The lowest BCUT2D eigenvalue weighted by atomic mass is 10.3. The molecule has 0 amide bonds. The molecule has 0 saturated heterocycles. The summed E-state index contributed by atoms with van der Waals surface area (Å²) in [5.41, 5.74) is 1.10. The Morgan fingerprint density at radius 2 is 1.94 bits per heavy atom. The highest BCUT2D eigenvalue weighted by Gasteiger charge is 2.00. The van der Waals surface area contributed by atoms with E-state index in [1.54, 1.807) is 0 Å². The summed E-state index contributed by atoms with van der Waals surface area (Å²) in [6.45, 7) is 6.02. The molecular formula is C14H19N3S. The first kappa shape index (κ1) is 12.9. The fourth-order valence-electron chi connectivity index (χ4n) is 1.71. The van der Waals surface area contributed by atoms with E-state index in [4.69, 9.17) is 0 Å². The van der Waals surface area contributed by atoms with Crippen molar-refractivity contribution >= 4 is 22.8 Å². The molecule has 18 heavy (non-hydrogen) atoms. The summed E-state index contributed by atoms with van der Waals surface area (Å²) in [6, 6.07) is 8.44. The molecule has 0 aliphatic carbocycles. The predicted octanol–water partition coefficient (Wildman–Crippen LogP) is 3.75. The van der Waals surface area contributed by atoms with Crippen LogP contribution in [0.4, 0.5) is 11.5 Å². The molecule has 0 aromatic carbocycles. The number of hydrogen-bond acceptors (Lipinski definition) is 4. The highest BCUT2D eigenvalue weighted by atomic mass is 32.1. The fraction of sp³-hybridized carbons (Fsp3) is 0.357. The molecule has 2 rings (SSSR count). The zero-order valence-corrected chi connectivity index (χ0v) is 11.7. The maximum atomic E-state index is 4.25. The van der Waals surface area contributed by atoms with Crippen molar-refractivity contribution < 1.29 is 0 Å². The Hall–Kier alpha value is -1.55. The first-order valence-corrected chi connectivity index (χ1v) is 7.15. The molecule has 0 radical (unpaired) electrons. The molecule has 3 nitrogen and oxygen atoms in total. The van der Waals surface area contributed by atoms with Crippen LogP contribution in [0.15, 0.2) is 30.5 Å². The Bertz CT molecular complexity index is 493. The van der Waals surface area contributed by atoms with Crippen LogP contribution in [0, 0.1) is 0 Å². The standard InChI is InChI=1S/C14H19N3S/c1-3-12-5-6-13(18-12)10-17-11-7-8-16-14(9-11)15-4-2/h5-9H,3-4,10H2,1-2H3,(H2,15,16,17). The molecule has 0 fully saturated rings. The molecule has 0 bridgehead atoms. The molecule has 2 aromatic rings. The number of anilines is 2. The van der Waals surface area contributed by atoms with Crippen molar-refractivity contribution in [2.75, 3.05) is 17.2 Å². The van der Waals surface area contributed by atoms with Gasteiger partial charge in [0.2, 0.25) is 0 Å². The molecule has 0 spiro atoms. The van der Waals surface area contributed by atoms with Gasteiger partial charge >= 0.3 is 0 Å². The second-order valence-corrected chi connectivity index (χ2v) is 5.29. The van der Waals surface area contributed by atoms with E-state index in [1.807, 2.05) is 29.7 Å². The molecule has 0 atom stereocenters. The smallest absolute Gasteiger partial charge is 0.127 e. The lowest BCUT2D eigenvalue weighted by Crippen LogP contribution is -2.01. The molecule has 0 saturated carbocycles. The maximum absolute atomic E-state index is 4.25. The second-order valence-electron chi connectivity index (χ2n) is 4.04. The Morgan fingerprint density at radius 3 is 2.67 bits per heavy atom. The number of aryl methyl sites for hydroxylation is 1. The number of rotatable bonds is 6. The third-order valence-electron chi connectivity index (χ3n) is 2.65. The van der Waals surface area contributed by atoms with Gasteiger partial charge in [0.15, 0.2) is 0 Å². The normalized spacial score (nSPS) is 10.3. The van der Waals surface area contributed by atoms with Crippen molar-refractivity contribution in [3.63, 3.8) is 0 Å². The zero-order chi connectivity index (χ0) is 12.8. The minimum absolute atomic E-state index is 0.875. The third kappa shape index (κ3) is 3.47. The van der Waals surface area contributed by atoms with Crippen LogP contribution in [-0.4, -0.2) is 11.5 Å². The maximum Gasteiger partial charge on any atom is 0.127 e. The van der Waals surface area contributed by atoms with Crippen molar-refractivity contribution in [1.82, 2.24) is 4.98 Å². The van der Waals surface area contributed by atoms with E-state index in [2.05, 4.69) is 41.6 Å². The van der Waals surface area contributed by atoms with Gasteiger partial charge in [0, 0.05) is 40.8 Å². The van der Waals surface area contributed by atoms with Gasteiger partial charge in [-0.2, -0.15) is 0 Å². The second kappa shape index (κ2) is 6.40. The number of hydrogen-bond donors (Lipinski definition) is 2. The zero-order valence-electron chi connectivity index (χ0n) is 10.9. The monoisotopic (exact) mass is 261 g/mol. The Morgan fingerprint density at radius 1 is 1.11 bits per heavy atom. The topological polar surface area (TPSA) is 37.0 Å². The summed E-state index contributed by atoms with van der Waals surface area (Å²) in [4.78, 5) is 7.06. The summed E-state index contributed by atoms with van der Waals surface area (Å²) in [5.74, 6) is 0.919. The van der Waals surface area contributed by atoms with Gasteiger partial charge in [-0.15, -0.1) is 11.3 Å². The quantitative estimate of drug-likeness (QED) is 0.831. The van der Waals surface area contributed by atoms with E-state index >= 15 is 0 Å². The summed E-state index contributed by atoms with van der Waals surface area (Å²) in [5, 5.41) is 6.64. The average molecular weight is 261 g/mol. The number of nitrogens with zero attached hydrogens (tertiary/aromatic N) is 1. The van der Waals surface area contributed by atoms with Gasteiger partial charge in [0.25, 0.3) is 0 Å². The van der Waals surface area contributed by atoms with Crippen molar-refractivity contribution in [2.45, 2.75) is 26.8 Å². The first-order valence-electron chi connectivity index (χ1n) is 6.33. The lowest BCUT2D eigenvalue weighted by Gasteiger charge is -2.07. The number of thiophene rings is 1. The van der Waals surface area contributed by atoms with Gasteiger partial charge in [0.1, 0.15) is 5.82 Å². The molecule has 4 heteroatoms. The van der Waals surface area contributed by atoms with Crippen LogP contribution in [0.2, 0.25) is 0 Å². The van der Waals surface area contributed by atoms with Crippen LogP contribution in [-0.2, 0) is 13.0 Å². The van der Waals surface area contributed by atoms with Crippen LogP contribution >= 0.6 is 11.3 Å². The van der Waals surface area contributed by atoms with Crippen LogP contribution < -0.4 is 10.6 Å². The van der Waals surface area contributed by atoms with Gasteiger partial charge in [-0.05, 0) is 31.5 Å². The van der Waals surface area contributed by atoms with E-state index in [0.717, 1.165) is 31.0 Å². The Labute approximate surface area is 112 Å². The summed E-state index contributed by atoms with van der Waals surface area (Å²) in [6.07, 6.45) is 2.94. The molecule has 96 valence electrons. The Balaban J connectivity index is 1.94. The number of aromatic nitrogens is 1. The molecule has 0 aliphatic heterocycles. The molecule has 2 heterocycles. The lowest BCUT2D eigenvalue weighted by molar-refractivity contribution is 1.14. The summed E-state index contributed by atoms with van der Waals surface area (Å²) in [7, 11) is 0. The van der Waals surface area contributed by atoms with Crippen LogP contribution in [0.25, 0.3) is 0 Å². The summed E-state index contributed by atoms with van der Waals surface area (Å²) >= 11 is 1.87. The van der Waals surface area contributed by atoms with E-state index in [1.165, 1.54) is 9.75 Å². The first-order chi connectivity index (χ1) is 8.81. The Kier molecular flexibility index (Phi) is 4.59.